The smallest absolute Gasteiger partial charge is 0.416 e. The van der Waals surface area contributed by atoms with Crippen molar-refractivity contribution in [2.75, 3.05) is 7.05 Å². The van der Waals surface area contributed by atoms with Crippen LogP contribution in [0.4, 0.5) is 4.79 Å². The molecule has 18 heavy (non-hydrogen) atoms. The van der Waals surface area contributed by atoms with E-state index in [1.54, 1.807) is 12.1 Å². The van der Waals surface area contributed by atoms with Gasteiger partial charge < -0.3 is 10.4 Å². The summed E-state index contributed by atoms with van der Waals surface area (Å²) in [5, 5.41) is 12.5. The molecular formula is C12H11BrN2O3. The molecule has 0 aliphatic rings. The minimum atomic E-state index is -1.10. The largest absolute Gasteiger partial charge is 0.464 e. The van der Waals surface area contributed by atoms with E-state index in [2.05, 4.69) is 21.2 Å². The van der Waals surface area contributed by atoms with E-state index < -0.39 is 6.09 Å². The number of carbonyl (C=O) groups is 2. The van der Waals surface area contributed by atoms with Gasteiger partial charge in [-0.05, 0) is 18.2 Å². The number of nitrogens with zero attached hydrogens (tertiary/aromatic N) is 1. The molecule has 1 amide bonds. The summed E-state index contributed by atoms with van der Waals surface area (Å²) >= 11 is 3.30. The summed E-state index contributed by atoms with van der Waals surface area (Å²) < 4.78 is 1.93. The van der Waals surface area contributed by atoms with Crippen molar-refractivity contribution in [1.29, 1.82) is 0 Å². The Morgan fingerprint density at radius 1 is 1.39 bits per heavy atom. The van der Waals surface area contributed by atoms with Gasteiger partial charge in [-0.1, -0.05) is 22.0 Å². The molecular weight excluding hydrogens is 300 g/mol. The monoisotopic (exact) mass is 310 g/mol. The molecule has 1 aromatic heterocycles. The number of carboxylic acid groups (broad SMARTS) is 1. The van der Waals surface area contributed by atoms with E-state index in [1.165, 1.54) is 7.05 Å². The number of halogens is 1. The Kier molecular flexibility index (Phi) is 3.38. The topological polar surface area (TPSA) is 71.3 Å². The second-order valence-electron chi connectivity index (χ2n) is 3.81. The van der Waals surface area contributed by atoms with Crippen molar-refractivity contribution < 1.29 is 14.7 Å². The molecule has 0 aliphatic heterocycles. The Labute approximate surface area is 112 Å². The number of hydrogen-bond donors (Lipinski definition) is 2. The lowest BCUT2D eigenvalue weighted by Crippen LogP contribution is -2.23. The second kappa shape index (κ2) is 4.81. The Morgan fingerprint density at radius 2 is 2.11 bits per heavy atom. The molecule has 2 rings (SSSR count). The zero-order valence-corrected chi connectivity index (χ0v) is 11.2. The predicted octanol–water partition coefficient (Wildman–Crippen LogP) is 2.22. The molecule has 0 unspecified atom stereocenters. The number of benzene rings is 1. The summed E-state index contributed by atoms with van der Waals surface area (Å²) in [5.74, 6) is -0.223. The van der Waals surface area contributed by atoms with Crippen LogP contribution in [0.25, 0.3) is 10.9 Å². The lowest BCUT2D eigenvalue weighted by atomic mass is 10.2. The molecule has 0 radical (unpaired) electrons. The van der Waals surface area contributed by atoms with Crippen molar-refractivity contribution in [3.8, 4) is 0 Å². The van der Waals surface area contributed by atoms with Gasteiger partial charge in [0.05, 0.1) is 11.9 Å². The number of likely N-dealkylation sites (N-methyl/N-ethyl adjacent to an activating group) is 1. The van der Waals surface area contributed by atoms with E-state index in [4.69, 9.17) is 0 Å². The maximum atomic E-state index is 11.4. The molecule has 0 saturated heterocycles. The fraction of sp³-hybridized carbons (Fsp3) is 0.167. The van der Waals surface area contributed by atoms with Gasteiger partial charge in [-0.15, -0.1) is 0 Å². The number of amides is 1. The molecule has 2 N–H and O–H groups in total. The van der Waals surface area contributed by atoms with Crippen LogP contribution in [0, 0.1) is 0 Å². The quantitative estimate of drug-likeness (QED) is 0.893. The number of carbonyl (C=O) groups excluding carboxylic acids is 1. The van der Waals surface area contributed by atoms with Gasteiger partial charge >= 0.3 is 6.09 Å². The molecule has 6 heteroatoms. The minimum absolute atomic E-state index is 0.0368. The van der Waals surface area contributed by atoms with Crippen molar-refractivity contribution in [2.24, 2.45) is 0 Å². The summed E-state index contributed by atoms with van der Waals surface area (Å²) in [6.45, 7) is 0. The van der Waals surface area contributed by atoms with Crippen molar-refractivity contribution >= 4 is 38.8 Å². The number of aromatic nitrogens is 1. The van der Waals surface area contributed by atoms with Crippen LogP contribution in [0.1, 0.15) is 5.69 Å². The standard InChI is InChI=1S/C12H11BrN2O3/c1-14-11(16)6-9-4-7-2-3-8(13)5-10(7)15(9)12(17)18/h2-5H,6H2,1H3,(H,14,16)(H,17,18). The predicted molar refractivity (Wildman–Crippen MR) is 70.8 cm³/mol. The number of nitrogens with one attached hydrogen (secondary N) is 1. The highest BCUT2D eigenvalue weighted by Crippen LogP contribution is 2.24. The zero-order valence-electron chi connectivity index (χ0n) is 9.61. The Morgan fingerprint density at radius 3 is 2.72 bits per heavy atom. The van der Waals surface area contributed by atoms with E-state index in [1.807, 2.05) is 12.1 Å². The fourth-order valence-electron chi connectivity index (χ4n) is 1.84. The normalized spacial score (nSPS) is 10.6. The molecule has 0 saturated carbocycles. The molecule has 0 bridgehead atoms. The highest BCUT2D eigenvalue weighted by molar-refractivity contribution is 9.10. The molecule has 5 nitrogen and oxygen atoms in total. The average Bonchev–Trinajstić information content (AvgIpc) is 2.65. The third-order valence-electron chi connectivity index (χ3n) is 2.65. The van der Waals surface area contributed by atoms with E-state index in [-0.39, 0.29) is 12.3 Å². The molecule has 0 fully saturated rings. The lowest BCUT2D eigenvalue weighted by Gasteiger charge is -2.04. The SMILES string of the molecule is CNC(=O)Cc1cc2ccc(Br)cc2n1C(=O)O. The zero-order chi connectivity index (χ0) is 13.3. The molecule has 94 valence electrons. The van der Waals surface area contributed by atoms with Crippen LogP contribution in [-0.2, 0) is 11.2 Å². The molecule has 0 aliphatic carbocycles. The van der Waals surface area contributed by atoms with Crippen LogP contribution in [0.3, 0.4) is 0 Å². The Hall–Kier alpha value is -1.82. The summed E-state index contributed by atoms with van der Waals surface area (Å²) in [6, 6.07) is 7.08. The van der Waals surface area contributed by atoms with Gasteiger partial charge in [0.1, 0.15) is 0 Å². The van der Waals surface area contributed by atoms with Crippen LogP contribution in [-0.4, -0.2) is 28.7 Å². The van der Waals surface area contributed by atoms with Gasteiger partial charge in [-0.3, -0.25) is 4.79 Å². The molecule has 2 aromatic rings. The van der Waals surface area contributed by atoms with Crippen LogP contribution < -0.4 is 5.32 Å². The molecule has 1 heterocycles. The maximum absolute atomic E-state index is 11.4. The third-order valence-corrected chi connectivity index (χ3v) is 3.15. The maximum Gasteiger partial charge on any atom is 0.416 e. The van der Waals surface area contributed by atoms with Crippen molar-refractivity contribution in [2.45, 2.75) is 6.42 Å². The van der Waals surface area contributed by atoms with Gasteiger partial charge in [-0.2, -0.15) is 0 Å². The van der Waals surface area contributed by atoms with E-state index in [0.717, 1.165) is 14.4 Å². The minimum Gasteiger partial charge on any atom is -0.464 e. The number of rotatable bonds is 2. The van der Waals surface area contributed by atoms with E-state index >= 15 is 0 Å². The first-order chi connectivity index (χ1) is 8.52. The van der Waals surface area contributed by atoms with Gasteiger partial charge in [0.15, 0.2) is 0 Å². The van der Waals surface area contributed by atoms with Gasteiger partial charge in [0.25, 0.3) is 0 Å². The van der Waals surface area contributed by atoms with Gasteiger partial charge in [0.2, 0.25) is 5.91 Å². The van der Waals surface area contributed by atoms with Crippen LogP contribution >= 0.6 is 15.9 Å². The van der Waals surface area contributed by atoms with Crippen LogP contribution in [0.2, 0.25) is 0 Å². The summed E-state index contributed by atoms with van der Waals surface area (Å²) in [7, 11) is 1.52. The van der Waals surface area contributed by atoms with Crippen molar-refractivity contribution in [3.05, 3.63) is 34.4 Å². The highest BCUT2D eigenvalue weighted by Gasteiger charge is 2.16. The van der Waals surface area contributed by atoms with Crippen LogP contribution in [0.15, 0.2) is 28.7 Å². The molecule has 0 atom stereocenters. The first-order valence-corrected chi connectivity index (χ1v) is 6.06. The Balaban J connectivity index is 2.62. The summed E-state index contributed by atoms with van der Waals surface area (Å²) in [6.07, 6.45) is -1.06. The summed E-state index contributed by atoms with van der Waals surface area (Å²) in [4.78, 5) is 22.7. The van der Waals surface area contributed by atoms with E-state index in [9.17, 15) is 14.7 Å². The second-order valence-corrected chi connectivity index (χ2v) is 4.72. The van der Waals surface area contributed by atoms with Crippen molar-refractivity contribution in [1.82, 2.24) is 9.88 Å². The average molecular weight is 311 g/mol. The third kappa shape index (κ3) is 2.24. The van der Waals surface area contributed by atoms with Crippen molar-refractivity contribution in [3.63, 3.8) is 0 Å². The first kappa shape index (κ1) is 12.6. The first-order valence-electron chi connectivity index (χ1n) is 5.26. The molecule has 0 spiro atoms. The Bertz CT molecular complexity index is 634. The highest BCUT2D eigenvalue weighted by atomic mass is 79.9. The van der Waals surface area contributed by atoms with Gasteiger partial charge in [-0.25, -0.2) is 9.36 Å². The lowest BCUT2D eigenvalue weighted by molar-refractivity contribution is -0.120. The summed E-state index contributed by atoms with van der Waals surface area (Å²) in [5.41, 5.74) is 1.02. The van der Waals surface area contributed by atoms with E-state index in [0.29, 0.717) is 11.2 Å². The fourth-order valence-corrected chi connectivity index (χ4v) is 2.19. The van der Waals surface area contributed by atoms with Gasteiger partial charge in [0, 0.05) is 22.6 Å². The molecule has 1 aromatic carbocycles. The number of hydrogen-bond acceptors (Lipinski definition) is 2. The van der Waals surface area contributed by atoms with Crippen LogP contribution in [0.5, 0.6) is 0 Å². The number of fused-ring (bicyclic) bond motifs is 1.